The molecule has 2 saturated heterocycles. The monoisotopic (exact) mass is 250 g/mol. The van der Waals surface area contributed by atoms with Crippen LogP contribution in [0.5, 0.6) is 5.75 Å². The van der Waals surface area contributed by atoms with Gasteiger partial charge in [0.2, 0.25) is 0 Å². The minimum atomic E-state index is -0.0209. The average molecular weight is 250 g/mol. The largest absolute Gasteiger partial charge is 0.465 e. The molecule has 0 aromatic heterocycles. The summed E-state index contributed by atoms with van der Waals surface area (Å²) >= 11 is 0. The van der Waals surface area contributed by atoms with Crippen molar-refractivity contribution in [3.05, 3.63) is 30.3 Å². The van der Waals surface area contributed by atoms with Crippen LogP contribution in [-0.2, 0) is 9.47 Å². The minimum Gasteiger partial charge on any atom is -0.465 e. The van der Waals surface area contributed by atoms with Crippen molar-refractivity contribution in [1.82, 2.24) is 0 Å². The first kappa shape index (κ1) is 13.4. The molecular weight excluding hydrogens is 228 g/mol. The molecule has 0 N–H and O–H groups in total. The van der Waals surface area contributed by atoms with Crippen molar-refractivity contribution in [2.75, 3.05) is 19.8 Å². The highest BCUT2D eigenvalue weighted by molar-refractivity contribution is 5.21. The molecule has 1 atom stereocenters. The van der Waals surface area contributed by atoms with Crippen LogP contribution in [-0.4, -0.2) is 26.1 Å². The zero-order chi connectivity index (χ0) is 12.5. The lowest BCUT2D eigenvalue weighted by Gasteiger charge is -2.11. The normalized spacial score (nSPS) is 23.0. The number of hydrogen-bond donors (Lipinski definition) is 0. The molecule has 3 rings (SSSR count). The Hall–Kier alpha value is -1.06. The van der Waals surface area contributed by atoms with Gasteiger partial charge in [0.25, 0.3) is 0 Å². The van der Waals surface area contributed by atoms with Crippen LogP contribution in [0.3, 0.4) is 0 Å². The molecule has 18 heavy (non-hydrogen) atoms. The Kier molecular flexibility index (Phi) is 6.03. The van der Waals surface area contributed by atoms with Crippen LogP contribution in [0, 0.1) is 0 Å². The Morgan fingerprint density at radius 3 is 2.17 bits per heavy atom. The van der Waals surface area contributed by atoms with Crippen LogP contribution in [0.4, 0.5) is 0 Å². The summed E-state index contributed by atoms with van der Waals surface area (Å²) < 4.78 is 16.0. The summed E-state index contributed by atoms with van der Waals surface area (Å²) in [6.07, 6.45) is 6.03. The maximum Gasteiger partial charge on any atom is 0.199 e. The van der Waals surface area contributed by atoms with Gasteiger partial charge < -0.3 is 14.2 Å². The smallest absolute Gasteiger partial charge is 0.199 e. The Bertz CT molecular complexity index is 291. The Morgan fingerprint density at radius 1 is 0.889 bits per heavy atom. The topological polar surface area (TPSA) is 27.7 Å². The summed E-state index contributed by atoms with van der Waals surface area (Å²) in [4.78, 5) is 0. The third kappa shape index (κ3) is 5.07. The van der Waals surface area contributed by atoms with Crippen LogP contribution in [0.15, 0.2) is 30.3 Å². The van der Waals surface area contributed by atoms with E-state index in [0.717, 1.165) is 38.4 Å². The van der Waals surface area contributed by atoms with Crippen LogP contribution >= 0.6 is 0 Å². The predicted octanol–water partition coefficient (Wildman–Crippen LogP) is 3.39. The van der Waals surface area contributed by atoms with E-state index in [1.54, 1.807) is 0 Å². The summed E-state index contributed by atoms with van der Waals surface area (Å²) in [7, 11) is 0. The van der Waals surface area contributed by atoms with Gasteiger partial charge in [0.05, 0.1) is 6.61 Å². The van der Waals surface area contributed by atoms with E-state index >= 15 is 0 Å². The van der Waals surface area contributed by atoms with E-state index in [1.165, 1.54) is 19.3 Å². The summed E-state index contributed by atoms with van der Waals surface area (Å²) in [5.74, 6) is 0.893. The molecular formula is C15H22O3. The summed E-state index contributed by atoms with van der Waals surface area (Å²) in [5, 5.41) is 0. The standard InChI is InChI=1S/C10H12O2.C5H10O/c1-2-5-9(6-3-1)12-10-7-4-8-11-10;1-2-4-6-5-3-1/h1-3,5-6,10H,4,7-8H2;1-5H2. The van der Waals surface area contributed by atoms with E-state index in [-0.39, 0.29) is 6.29 Å². The van der Waals surface area contributed by atoms with Gasteiger partial charge in [0.15, 0.2) is 6.29 Å². The fraction of sp³-hybridized carbons (Fsp3) is 0.600. The maximum absolute atomic E-state index is 5.55. The molecule has 0 bridgehead atoms. The van der Waals surface area contributed by atoms with Crippen molar-refractivity contribution in [3.63, 3.8) is 0 Å². The van der Waals surface area contributed by atoms with E-state index in [4.69, 9.17) is 14.2 Å². The molecule has 3 heteroatoms. The van der Waals surface area contributed by atoms with E-state index in [2.05, 4.69) is 0 Å². The number of ether oxygens (including phenoxy) is 3. The Morgan fingerprint density at radius 2 is 1.67 bits per heavy atom. The van der Waals surface area contributed by atoms with Gasteiger partial charge in [-0.25, -0.2) is 0 Å². The number of benzene rings is 1. The molecule has 2 fully saturated rings. The van der Waals surface area contributed by atoms with Gasteiger partial charge >= 0.3 is 0 Å². The molecule has 0 amide bonds. The zero-order valence-corrected chi connectivity index (χ0v) is 10.8. The highest BCUT2D eigenvalue weighted by Gasteiger charge is 2.16. The van der Waals surface area contributed by atoms with Crippen molar-refractivity contribution in [1.29, 1.82) is 0 Å². The van der Waals surface area contributed by atoms with E-state index in [9.17, 15) is 0 Å². The average Bonchev–Trinajstić information content (AvgIpc) is 2.96. The Balaban J connectivity index is 0.000000169. The molecule has 0 aliphatic carbocycles. The minimum absolute atomic E-state index is 0.0209. The fourth-order valence-corrected chi connectivity index (χ4v) is 1.98. The van der Waals surface area contributed by atoms with Crippen LogP contribution in [0.1, 0.15) is 32.1 Å². The summed E-state index contributed by atoms with van der Waals surface area (Å²) in [5.41, 5.74) is 0. The number of para-hydroxylation sites is 1. The van der Waals surface area contributed by atoms with E-state index in [0.29, 0.717) is 0 Å². The Labute approximate surface area is 109 Å². The molecule has 100 valence electrons. The van der Waals surface area contributed by atoms with Crippen LogP contribution in [0.25, 0.3) is 0 Å². The highest BCUT2D eigenvalue weighted by atomic mass is 16.7. The molecule has 1 aromatic rings. The first-order chi connectivity index (χ1) is 8.95. The lowest BCUT2D eigenvalue weighted by molar-refractivity contribution is -0.0390. The fourth-order valence-electron chi connectivity index (χ4n) is 1.98. The molecule has 0 spiro atoms. The van der Waals surface area contributed by atoms with Crippen molar-refractivity contribution >= 4 is 0 Å². The molecule has 2 heterocycles. The van der Waals surface area contributed by atoms with Crippen LogP contribution in [0.2, 0.25) is 0 Å². The second-order valence-electron chi connectivity index (χ2n) is 4.55. The van der Waals surface area contributed by atoms with Gasteiger partial charge in [-0.2, -0.15) is 0 Å². The van der Waals surface area contributed by atoms with E-state index in [1.807, 2.05) is 30.3 Å². The van der Waals surface area contributed by atoms with Gasteiger partial charge in [0, 0.05) is 19.6 Å². The second-order valence-corrected chi connectivity index (χ2v) is 4.55. The molecule has 2 aliphatic heterocycles. The molecule has 1 unspecified atom stereocenters. The molecule has 3 nitrogen and oxygen atoms in total. The summed E-state index contributed by atoms with van der Waals surface area (Å²) in [6, 6.07) is 9.79. The van der Waals surface area contributed by atoms with Crippen molar-refractivity contribution < 1.29 is 14.2 Å². The van der Waals surface area contributed by atoms with Gasteiger partial charge in [-0.3, -0.25) is 0 Å². The lowest BCUT2D eigenvalue weighted by atomic mass is 10.2. The van der Waals surface area contributed by atoms with Crippen LogP contribution < -0.4 is 4.74 Å². The number of hydrogen-bond acceptors (Lipinski definition) is 3. The maximum atomic E-state index is 5.55. The predicted molar refractivity (Wildman–Crippen MR) is 70.7 cm³/mol. The lowest BCUT2D eigenvalue weighted by Crippen LogP contribution is -2.13. The van der Waals surface area contributed by atoms with Gasteiger partial charge in [-0.05, 0) is 37.8 Å². The third-order valence-electron chi connectivity index (χ3n) is 2.98. The van der Waals surface area contributed by atoms with E-state index < -0.39 is 0 Å². The molecule has 1 aromatic carbocycles. The van der Waals surface area contributed by atoms with Crippen molar-refractivity contribution in [2.24, 2.45) is 0 Å². The van der Waals surface area contributed by atoms with Gasteiger partial charge in [-0.15, -0.1) is 0 Å². The second kappa shape index (κ2) is 8.11. The highest BCUT2D eigenvalue weighted by Crippen LogP contribution is 2.18. The molecule has 2 aliphatic rings. The quantitative estimate of drug-likeness (QED) is 0.805. The van der Waals surface area contributed by atoms with Gasteiger partial charge in [0.1, 0.15) is 5.75 Å². The number of rotatable bonds is 2. The SMILES string of the molecule is C1CCOCC1.c1ccc(OC2CCCO2)cc1. The van der Waals surface area contributed by atoms with Crippen molar-refractivity contribution in [3.8, 4) is 5.75 Å². The first-order valence-corrected chi connectivity index (χ1v) is 6.86. The zero-order valence-electron chi connectivity index (χ0n) is 10.8. The third-order valence-corrected chi connectivity index (χ3v) is 2.98. The first-order valence-electron chi connectivity index (χ1n) is 6.86. The summed E-state index contributed by atoms with van der Waals surface area (Å²) in [6.45, 7) is 2.83. The molecule has 0 saturated carbocycles. The molecule has 0 radical (unpaired) electrons. The van der Waals surface area contributed by atoms with Gasteiger partial charge in [-0.1, -0.05) is 18.2 Å². The van der Waals surface area contributed by atoms with Crippen molar-refractivity contribution in [2.45, 2.75) is 38.4 Å².